The number of carboxylic acid groups (broad SMARTS) is 4. The quantitative estimate of drug-likeness (QED) is 0.300. The summed E-state index contributed by atoms with van der Waals surface area (Å²) >= 11 is 0. The van der Waals surface area contributed by atoms with Crippen molar-refractivity contribution >= 4 is 61.6 Å². The summed E-state index contributed by atoms with van der Waals surface area (Å²) in [5.41, 5.74) is 0. The molecule has 0 saturated carbocycles. The maximum atomic E-state index is 10.4. The summed E-state index contributed by atoms with van der Waals surface area (Å²) in [7, 11) is 0. The Balaban J connectivity index is -0.000000602. The zero-order valence-electron chi connectivity index (χ0n) is 13.1. The van der Waals surface area contributed by atoms with Gasteiger partial charge in [0, 0.05) is 39.3 Å². The van der Waals surface area contributed by atoms with Crippen molar-refractivity contribution in [3.05, 3.63) is 0 Å². The van der Waals surface area contributed by atoms with Gasteiger partial charge in [-0.25, -0.2) is 0 Å². The molecule has 114 valence electrons. The predicted octanol–water partition coefficient (Wildman–Crippen LogP) is -13.8. The third-order valence-electron chi connectivity index (χ3n) is 2.14. The summed E-state index contributed by atoms with van der Waals surface area (Å²) in [6.45, 7) is -3.25. The largest absolute Gasteiger partial charge is 2.00 e. The molecule has 0 atom stereocenters. The van der Waals surface area contributed by atoms with E-state index >= 15 is 0 Å². The Labute approximate surface area is 247 Å². The van der Waals surface area contributed by atoms with Gasteiger partial charge < -0.3 is 39.6 Å². The fourth-order valence-corrected chi connectivity index (χ4v) is 1.44. The van der Waals surface area contributed by atoms with Gasteiger partial charge in [-0.1, -0.05) is 0 Å². The third-order valence-corrected chi connectivity index (χ3v) is 2.14. The first-order chi connectivity index (χ1) is 9.20. The van der Waals surface area contributed by atoms with Gasteiger partial charge in [-0.2, -0.15) is 0 Å². The van der Waals surface area contributed by atoms with Crippen molar-refractivity contribution in [2.45, 2.75) is 0 Å². The average molecular weight is 406 g/mol. The summed E-state index contributed by atoms with van der Waals surface area (Å²) in [4.78, 5) is 43.4. The Kier molecular flexibility index (Phi) is 27.4. The van der Waals surface area contributed by atoms with Crippen LogP contribution in [0.5, 0.6) is 0 Å². The molecule has 10 nitrogen and oxygen atoms in total. The Bertz CT molecular complexity index is 331. The summed E-state index contributed by atoms with van der Waals surface area (Å²) in [5, 5.41) is 41.6. The van der Waals surface area contributed by atoms with Gasteiger partial charge in [-0.05, 0) is 0 Å². The molecular formula is C10H12CaK2N2O8. The summed E-state index contributed by atoms with van der Waals surface area (Å²) in [6, 6.07) is 0. The molecule has 0 aromatic heterocycles. The Morgan fingerprint density at radius 1 is 0.565 bits per heavy atom. The third kappa shape index (κ3) is 22.3. The van der Waals surface area contributed by atoms with Crippen LogP contribution in [0.3, 0.4) is 0 Å². The van der Waals surface area contributed by atoms with E-state index in [4.69, 9.17) is 0 Å². The fourth-order valence-electron chi connectivity index (χ4n) is 1.44. The average Bonchev–Trinajstić information content (AvgIpc) is 2.22. The number of carboxylic acids is 4. The van der Waals surface area contributed by atoms with Crippen LogP contribution in [0.25, 0.3) is 0 Å². The Morgan fingerprint density at radius 2 is 0.739 bits per heavy atom. The van der Waals surface area contributed by atoms with E-state index in [0.717, 1.165) is 9.80 Å². The van der Waals surface area contributed by atoms with Gasteiger partial charge in [0.15, 0.2) is 0 Å². The number of hydrogen-bond donors (Lipinski definition) is 0. The first kappa shape index (κ1) is 33.0. The van der Waals surface area contributed by atoms with E-state index in [9.17, 15) is 39.6 Å². The Morgan fingerprint density at radius 3 is 0.870 bits per heavy atom. The molecule has 0 aromatic carbocycles. The molecular weight excluding hydrogens is 394 g/mol. The van der Waals surface area contributed by atoms with Gasteiger partial charge in [0.1, 0.15) is 0 Å². The molecule has 0 bridgehead atoms. The van der Waals surface area contributed by atoms with Crippen LogP contribution in [0.1, 0.15) is 0 Å². The number of nitrogens with zero attached hydrogens (tertiary/aromatic N) is 2. The van der Waals surface area contributed by atoms with Crippen LogP contribution in [0.4, 0.5) is 0 Å². The smallest absolute Gasteiger partial charge is 0.549 e. The van der Waals surface area contributed by atoms with Crippen molar-refractivity contribution in [2.24, 2.45) is 0 Å². The fraction of sp³-hybridized carbons (Fsp3) is 0.600. The molecule has 0 rings (SSSR count). The normalized spacial score (nSPS) is 9.30. The molecule has 13 heteroatoms. The first-order valence-corrected chi connectivity index (χ1v) is 5.44. The second-order valence-corrected chi connectivity index (χ2v) is 3.91. The van der Waals surface area contributed by atoms with Crippen molar-refractivity contribution < 1.29 is 142 Å². The van der Waals surface area contributed by atoms with Crippen LogP contribution < -0.4 is 123 Å². The standard InChI is InChI=1S/C10H16N2O8.Ca.2K/c13-7(14)3-11(4-8(15)16)1-2-12(5-9(17)18)6-10(19)20;;;/h1-6H2,(H,13,14)(H,15,16)(H,17,18)(H,19,20);;;/q;+2;2*+1/p-4. The predicted molar refractivity (Wildman–Crippen MR) is 58.7 cm³/mol. The van der Waals surface area contributed by atoms with E-state index in [-0.39, 0.29) is 154 Å². The molecule has 23 heavy (non-hydrogen) atoms. The zero-order chi connectivity index (χ0) is 15.7. The van der Waals surface area contributed by atoms with Crippen LogP contribution in [-0.2, 0) is 19.2 Å². The summed E-state index contributed by atoms with van der Waals surface area (Å²) < 4.78 is 0. The number of carbonyl (C=O) groups excluding carboxylic acids is 4. The summed E-state index contributed by atoms with van der Waals surface area (Å²) in [6.07, 6.45) is 0. The minimum absolute atomic E-state index is 0. The second-order valence-electron chi connectivity index (χ2n) is 3.91. The van der Waals surface area contributed by atoms with E-state index in [0.29, 0.717) is 0 Å². The molecule has 0 aliphatic rings. The van der Waals surface area contributed by atoms with Crippen LogP contribution in [0, 0.1) is 0 Å². The van der Waals surface area contributed by atoms with Gasteiger partial charge >= 0.3 is 141 Å². The molecule has 0 saturated heterocycles. The van der Waals surface area contributed by atoms with Crippen molar-refractivity contribution in [3.8, 4) is 0 Å². The number of hydrogen-bond acceptors (Lipinski definition) is 10. The van der Waals surface area contributed by atoms with Crippen LogP contribution in [0.2, 0.25) is 0 Å². The maximum absolute atomic E-state index is 10.4. The first-order valence-electron chi connectivity index (χ1n) is 5.44. The van der Waals surface area contributed by atoms with Crippen molar-refractivity contribution in [2.75, 3.05) is 39.3 Å². The Hall–Kier alpha value is 2.33. The second kappa shape index (κ2) is 19.1. The molecule has 0 spiro atoms. The molecule has 0 N–H and O–H groups in total. The van der Waals surface area contributed by atoms with E-state index < -0.39 is 50.1 Å². The molecule has 0 radical (unpaired) electrons. The van der Waals surface area contributed by atoms with E-state index in [1.165, 1.54) is 0 Å². The van der Waals surface area contributed by atoms with Crippen LogP contribution >= 0.6 is 0 Å². The van der Waals surface area contributed by atoms with Gasteiger partial charge in [-0.15, -0.1) is 0 Å². The molecule has 0 aromatic rings. The van der Waals surface area contributed by atoms with Gasteiger partial charge in [0.2, 0.25) is 0 Å². The van der Waals surface area contributed by atoms with Crippen molar-refractivity contribution in [3.63, 3.8) is 0 Å². The van der Waals surface area contributed by atoms with Crippen LogP contribution in [0.15, 0.2) is 0 Å². The van der Waals surface area contributed by atoms with E-state index in [1.54, 1.807) is 0 Å². The van der Waals surface area contributed by atoms with E-state index in [2.05, 4.69) is 0 Å². The molecule has 0 heterocycles. The van der Waals surface area contributed by atoms with E-state index in [1.807, 2.05) is 0 Å². The monoisotopic (exact) mass is 406 g/mol. The van der Waals surface area contributed by atoms with Crippen LogP contribution in [-0.4, -0.2) is 111 Å². The topological polar surface area (TPSA) is 167 Å². The van der Waals surface area contributed by atoms with Gasteiger partial charge in [-0.3, -0.25) is 9.80 Å². The SMILES string of the molecule is O=C([O-])CN(CCN(CC(=O)[O-])CC(=O)[O-])CC(=O)[O-].[Ca+2].[K+].[K+]. The number of aliphatic carboxylic acids is 4. The zero-order valence-corrected chi connectivity index (χ0v) is 21.6. The molecule has 0 unspecified atom stereocenters. The molecule has 0 amide bonds. The molecule has 0 aliphatic carbocycles. The molecule has 0 aliphatic heterocycles. The molecule has 0 fully saturated rings. The summed E-state index contributed by atoms with van der Waals surface area (Å²) in [5.74, 6) is -6.12. The number of carbonyl (C=O) groups is 4. The van der Waals surface area contributed by atoms with Gasteiger partial charge in [0.25, 0.3) is 0 Å². The van der Waals surface area contributed by atoms with Crippen molar-refractivity contribution in [1.29, 1.82) is 0 Å². The minimum atomic E-state index is -1.53. The minimum Gasteiger partial charge on any atom is -0.549 e. The van der Waals surface area contributed by atoms with Gasteiger partial charge in [0.05, 0.1) is 23.9 Å². The number of rotatable bonds is 11. The maximum Gasteiger partial charge on any atom is 2.00 e. The van der Waals surface area contributed by atoms with Crippen molar-refractivity contribution in [1.82, 2.24) is 9.80 Å².